The number of hydrogen-bond acceptors (Lipinski definition) is 3. The molecule has 0 amide bonds. The largest absolute Gasteiger partial charge is 0.457 e. The zero-order valence-electron chi connectivity index (χ0n) is 10.8. The van der Waals surface area contributed by atoms with Gasteiger partial charge in [-0.2, -0.15) is 5.26 Å². The highest BCUT2D eigenvalue weighted by Crippen LogP contribution is 2.22. The molecule has 0 aliphatic rings. The third kappa shape index (κ3) is 4.04. The number of nitriles is 1. The summed E-state index contributed by atoms with van der Waals surface area (Å²) >= 11 is 0. The molecular formula is C16H16N2O. The minimum absolute atomic E-state index is 0.144. The number of nitrogens with zero attached hydrogens (tertiary/aromatic N) is 1. The number of ether oxygens (including phenoxy) is 1. The first kappa shape index (κ1) is 13.0. The summed E-state index contributed by atoms with van der Waals surface area (Å²) in [7, 11) is 0. The Labute approximate surface area is 113 Å². The van der Waals surface area contributed by atoms with Gasteiger partial charge in [-0.1, -0.05) is 18.2 Å². The van der Waals surface area contributed by atoms with Crippen LogP contribution in [0.1, 0.15) is 13.3 Å². The zero-order chi connectivity index (χ0) is 13.5. The van der Waals surface area contributed by atoms with Gasteiger partial charge < -0.3 is 10.1 Å². The van der Waals surface area contributed by atoms with Crippen molar-refractivity contribution in [3.8, 4) is 17.6 Å². The minimum Gasteiger partial charge on any atom is -0.457 e. The van der Waals surface area contributed by atoms with Gasteiger partial charge in [-0.25, -0.2) is 0 Å². The van der Waals surface area contributed by atoms with E-state index in [1.54, 1.807) is 0 Å². The number of nitrogens with one attached hydrogen (secondary N) is 1. The van der Waals surface area contributed by atoms with Crippen molar-refractivity contribution in [1.29, 1.82) is 5.26 Å². The molecule has 2 aromatic rings. The summed E-state index contributed by atoms with van der Waals surface area (Å²) in [5.74, 6) is 1.62. The fourth-order valence-electron chi connectivity index (χ4n) is 1.72. The Morgan fingerprint density at radius 3 is 2.32 bits per heavy atom. The quantitative estimate of drug-likeness (QED) is 0.867. The highest BCUT2D eigenvalue weighted by molar-refractivity contribution is 5.47. The molecule has 0 aliphatic heterocycles. The maximum Gasteiger partial charge on any atom is 0.127 e. The Balaban J connectivity index is 1.97. The smallest absolute Gasteiger partial charge is 0.127 e. The standard InChI is InChI=1S/C16H16N2O/c1-13(11-12-17)18-14-7-9-16(10-8-14)19-15-5-3-2-4-6-15/h2-10,13,18H,11H2,1H3. The molecule has 2 rings (SSSR count). The maximum absolute atomic E-state index is 8.61. The molecule has 0 aliphatic carbocycles. The van der Waals surface area contributed by atoms with E-state index < -0.39 is 0 Å². The summed E-state index contributed by atoms with van der Waals surface area (Å²) in [5.41, 5.74) is 0.989. The van der Waals surface area contributed by atoms with Gasteiger partial charge in [0.05, 0.1) is 12.5 Å². The fraction of sp³-hybridized carbons (Fsp3) is 0.188. The predicted molar refractivity (Wildman–Crippen MR) is 76.3 cm³/mol. The van der Waals surface area contributed by atoms with Gasteiger partial charge in [0.25, 0.3) is 0 Å². The number of hydrogen-bond donors (Lipinski definition) is 1. The average Bonchev–Trinajstić information content (AvgIpc) is 2.42. The van der Waals surface area contributed by atoms with Crippen molar-refractivity contribution in [3.05, 3.63) is 54.6 Å². The summed E-state index contributed by atoms with van der Waals surface area (Å²) in [4.78, 5) is 0. The summed E-state index contributed by atoms with van der Waals surface area (Å²) < 4.78 is 5.71. The number of benzene rings is 2. The van der Waals surface area contributed by atoms with Crippen LogP contribution in [0.5, 0.6) is 11.5 Å². The molecule has 1 unspecified atom stereocenters. The molecule has 0 radical (unpaired) electrons. The van der Waals surface area contributed by atoms with E-state index in [4.69, 9.17) is 10.00 Å². The van der Waals surface area contributed by atoms with E-state index in [1.807, 2.05) is 61.5 Å². The van der Waals surface area contributed by atoms with Crippen molar-refractivity contribution in [2.24, 2.45) is 0 Å². The van der Waals surface area contributed by atoms with Crippen LogP contribution in [0.3, 0.4) is 0 Å². The second-order valence-corrected chi connectivity index (χ2v) is 4.35. The van der Waals surface area contributed by atoms with E-state index in [0.717, 1.165) is 17.2 Å². The number of rotatable bonds is 5. The van der Waals surface area contributed by atoms with E-state index in [-0.39, 0.29) is 6.04 Å². The molecule has 3 heteroatoms. The second-order valence-electron chi connectivity index (χ2n) is 4.35. The van der Waals surface area contributed by atoms with E-state index >= 15 is 0 Å². The lowest BCUT2D eigenvalue weighted by atomic mass is 10.2. The minimum atomic E-state index is 0.144. The number of para-hydroxylation sites is 1. The monoisotopic (exact) mass is 252 g/mol. The molecule has 0 saturated heterocycles. The Bertz CT molecular complexity index is 543. The molecule has 0 heterocycles. The van der Waals surface area contributed by atoms with E-state index in [2.05, 4.69) is 11.4 Å². The molecule has 0 fully saturated rings. The predicted octanol–water partition coefficient (Wildman–Crippen LogP) is 4.19. The normalized spacial score (nSPS) is 11.4. The summed E-state index contributed by atoms with van der Waals surface area (Å²) in [6, 6.07) is 19.7. The summed E-state index contributed by atoms with van der Waals surface area (Å²) in [5, 5.41) is 11.9. The SMILES string of the molecule is CC(CC#N)Nc1ccc(Oc2ccccc2)cc1. The summed E-state index contributed by atoms with van der Waals surface area (Å²) in [6.45, 7) is 1.98. The zero-order valence-corrected chi connectivity index (χ0v) is 10.8. The Hall–Kier alpha value is -2.47. The van der Waals surface area contributed by atoms with Gasteiger partial charge in [0.2, 0.25) is 0 Å². The van der Waals surface area contributed by atoms with Crippen LogP contribution in [0.4, 0.5) is 5.69 Å². The van der Waals surface area contributed by atoms with Crippen LogP contribution in [-0.4, -0.2) is 6.04 Å². The van der Waals surface area contributed by atoms with Crippen LogP contribution in [0.25, 0.3) is 0 Å². The topological polar surface area (TPSA) is 45.0 Å². The Morgan fingerprint density at radius 1 is 1.05 bits per heavy atom. The number of anilines is 1. The molecule has 96 valence electrons. The first-order valence-corrected chi connectivity index (χ1v) is 6.24. The van der Waals surface area contributed by atoms with E-state index in [0.29, 0.717) is 6.42 Å². The molecule has 1 N–H and O–H groups in total. The molecule has 3 nitrogen and oxygen atoms in total. The van der Waals surface area contributed by atoms with Crippen LogP contribution in [-0.2, 0) is 0 Å². The van der Waals surface area contributed by atoms with Crippen LogP contribution in [0.2, 0.25) is 0 Å². The van der Waals surface area contributed by atoms with Gasteiger partial charge in [0.15, 0.2) is 0 Å². The Kier molecular flexibility index (Phi) is 4.41. The lowest BCUT2D eigenvalue weighted by Crippen LogP contribution is -2.13. The molecule has 0 spiro atoms. The van der Waals surface area contributed by atoms with Crippen LogP contribution in [0.15, 0.2) is 54.6 Å². The van der Waals surface area contributed by atoms with Crippen molar-refractivity contribution in [1.82, 2.24) is 0 Å². The van der Waals surface area contributed by atoms with Crippen molar-refractivity contribution in [3.63, 3.8) is 0 Å². The molecule has 0 aromatic heterocycles. The lowest BCUT2D eigenvalue weighted by molar-refractivity contribution is 0.483. The maximum atomic E-state index is 8.61. The second kappa shape index (κ2) is 6.46. The lowest BCUT2D eigenvalue weighted by Gasteiger charge is -2.12. The summed E-state index contributed by atoms with van der Waals surface area (Å²) in [6.07, 6.45) is 0.488. The van der Waals surface area contributed by atoms with E-state index in [1.165, 1.54) is 0 Å². The Morgan fingerprint density at radius 2 is 1.68 bits per heavy atom. The van der Waals surface area contributed by atoms with Crippen LogP contribution >= 0.6 is 0 Å². The first-order chi connectivity index (χ1) is 9.28. The molecule has 1 atom stereocenters. The third-order valence-electron chi connectivity index (χ3n) is 2.64. The molecule has 2 aromatic carbocycles. The third-order valence-corrected chi connectivity index (χ3v) is 2.64. The average molecular weight is 252 g/mol. The van der Waals surface area contributed by atoms with Gasteiger partial charge in [0, 0.05) is 11.7 Å². The van der Waals surface area contributed by atoms with Crippen molar-refractivity contribution >= 4 is 5.69 Å². The van der Waals surface area contributed by atoms with Crippen molar-refractivity contribution in [2.75, 3.05) is 5.32 Å². The van der Waals surface area contributed by atoms with E-state index in [9.17, 15) is 0 Å². The molecule has 0 bridgehead atoms. The van der Waals surface area contributed by atoms with Gasteiger partial charge in [-0.3, -0.25) is 0 Å². The molecule has 0 saturated carbocycles. The fourth-order valence-corrected chi connectivity index (χ4v) is 1.72. The van der Waals surface area contributed by atoms with Gasteiger partial charge in [-0.15, -0.1) is 0 Å². The van der Waals surface area contributed by atoms with Gasteiger partial charge >= 0.3 is 0 Å². The van der Waals surface area contributed by atoms with Crippen molar-refractivity contribution < 1.29 is 4.74 Å². The van der Waals surface area contributed by atoms with Crippen molar-refractivity contribution in [2.45, 2.75) is 19.4 Å². The van der Waals surface area contributed by atoms with Gasteiger partial charge in [-0.05, 0) is 43.3 Å². The highest BCUT2D eigenvalue weighted by Gasteiger charge is 2.01. The van der Waals surface area contributed by atoms with Crippen LogP contribution in [0, 0.1) is 11.3 Å². The van der Waals surface area contributed by atoms with Crippen LogP contribution < -0.4 is 10.1 Å². The highest BCUT2D eigenvalue weighted by atomic mass is 16.5. The molecular weight excluding hydrogens is 236 g/mol. The molecule has 19 heavy (non-hydrogen) atoms. The first-order valence-electron chi connectivity index (χ1n) is 6.24. The van der Waals surface area contributed by atoms with Gasteiger partial charge in [0.1, 0.15) is 11.5 Å².